The Morgan fingerprint density at radius 1 is 0.953 bits per heavy atom. The van der Waals surface area contributed by atoms with E-state index in [1.165, 1.54) is 24.1 Å². The van der Waals surface area contributed by atoms with E-state index >= 15 is 0 Å². The highest BCUT2D eigenvalue weighted by Gasteiger charge is 2.26. The van der Waals surface area contributed by atoms with E-state index in [-0.39, 0.29) is 17.3 Å². The zero-order valence-electron chi connectivity index (χ0n) is 24.6. The summed E-state index contributed by atoms with van der Waals surface area (Å²) >= 11 is 0. The molecule has 1 atom stereocenters. The van der Waals surface area contributed by atoms with Crippen LogP contribution in [-0.2, 0) is 0 Å². The molecular weight excluding hydrogens is 540 g/mol. The van der Waals surface area contributed by atoms with E-state index in [9.17, 15) is 9.59 Å². The van der Waals surface area contributed by atoms with Crippen molar-refractivity contribution in [3.8, 4) is 0 Å². The summed E-state index contributed by atoms with van der Waals surface area (Å²) in [5.41, 5.74) is 9.12. The van der Waals surface area contributed by atoms with Gasteiger partial charge in [0.1, 0.15) is 5.82 Å². The molecule has 0 spiro atoms. The number of aromatic nitrogens is 3. The van der Waals surface area contributed by atoms with Gasteiger partial charge in [0, 0.05) is 62.2 Å². The van der Waals surface area contributed by atoms with E-state index in [0.717, 1.165) is 62.0 Å². The molecule has 2 aliphatic heterocycles. The number of rotatable bonds is 7. The minimum absolute atomic E-state index is 0.00454. The number of pyridine rings is 1. The standard InChI is InChI=1S/C33H38N8O2/c1-38-15-17-39(18-16-38)26-9-7-25(8-10-26)36-32-30(31(34)42)35-20-29(37-32)40-13-2-3-27(21-40)41-14-12-24-19-23(22-4-5-22)6-11-28(24)33(41)43/h6-12,14,19-20,22,27H,2-5,13,15-18,21H2,1H3,(H2,34,42)(H,36,37). The van der Waals surface area contributed by atoms with E-state index in [1.54, 1.807) is 6.20 Å². The Morgan fingerprint density at radius 3 is 2.49 bits per heavy atom. The molecule has 1 aliphatic carbocycles. The molecule has 10 nitrogen and oxygen atoms in total. The fraction of sp³-hybridized carbons (Fsp3) is 0.394. The second-order valence-corrected chi connectivity index (χ2v) is 12.1. The van der Waals surface area contributed by atoms with Gasteiger partial charge in [-0.15, -0.1) is 0 Å². The van der Waals surface area contributed by atoms with E-state index in [2.05, 4.69) is 62.4 Å². The fourth-order valence-electron chi connectivity index (χ4n) is 6.39. The van der Waals surface area contributed by atoms with Gasteiger partial charge in [0.25, 0.3) is 11.5 Å². The van der Waals surface area contributed by atoms with Crippen LogP contribution in [0, 0.1) is 0 Å². The maximum Gasteiger partial charge on any atom is 0.271 e. The normalized spacial score (nSPS) is 19.5. The Morgan fingerprint density at radius 2 is 1.74 bits per heavy atom. The van der Waals surface area contributed by atoms with Crippen LogP contribution in [-0.4, -0.2) is 71.7 Å². The van der Waals surface area contributed by atoms with Crippen LogP contribution in [0.2, 0.25) is 0 Å². The van der Waals surface area contributed by atoms with E-state index in [4.69, 9.17) is 10.7 Å². The monoisotopic (exact) mass is 578 g/mol. The molecule has 3 N–H and O–H groups in total. The Hall–Kier alpha value is -4.44. The number of amides is 1. The van der Waals surface area contributed by atoms with Crippen molar-refractivity contribution in [1.82, 2.24) is 19.4 Å². The molecule has 1 saturated carbocycles. The van der Waals surface area contributed by atoms with Gasteiger partial charge in [-0.25, -0.2) is 9.97 Å². The highest BCUT2D eigenvalue weighted by atomic mass is 16.1. The average Bonchev–Trinajstić information content (AvgIpc) is 3.88. The Kier molecular flexibility index (Phi) is 7.22. The number of primary amides is 1. The molecule has 0 radical (unpaired) electrons. The molecule has 7 rings (SSSR count). The summed E-state index contributed by atoms with van der Waals surface area (Å²) in [5, 5.41) is 5.05. The predicted molar refractivity (Wildman–Crippen MR) is 171 cm³/mol. The summed E-state index contributed by atoms with van der Waals surface area (Å²) in [7, 11) is 2.15. The van der Waals surface area contributed by atoms with Crippen molar-refractivity contribution in [3.63, 3.8) is 0 Å². The summed E-state index contributed by atoms with van der Waals surface area (Å²) in [5.74, 6) is 0.990. The number of piperazine rings is 1. The number of nitrogens with zero attached hydrogens (tertiary/aromatic N) is 6. The summed E-state index contributed by atoms with van der Waals surface area (Å²) in [4.78, 5) is 41.8. The highest BCUT2D eigenvalue weighted by Crippen LogP contribution is 2.40. The number of carbonyl (C=O) groups excluding carboxylic acids is 1. The quantitative estimate of drug-likeness (QED) is 0.337. The van der Waals surface area contributed by atoms with Crippen LogP contribution in [0.1, 0.15) is 53.7 Å². The molecule has 2 saturated heterocycles. The Balaban J connectivity index is 1.10. The zero-order valence-corrected chi connectivity index (χ0v) is 24.6. The molecule has 1 amide bonds. The van der Waals surface area contributed by atoms with Crippen molar-refractivity contribution in [1.29, 1.82) is 0 Å². The lowest BCUT2D eigenvalue weighted by atomic mass is 10.0. The van der Waals surface area contributed by atoms with Crippen molar-refractivity contribution < 1.29 is 4.79 Å². The van der Waals surface area contributed by atoms with E-state index in [0.29, 0.717) is 24.1 Å². The topological polar surface area (TPSA) is 113 Å². The third kappa shape index (κ3) is 5.67. The first kappa shape index (κ1) is 27.4. The van der Waals surface area contributed by atoms with Gasteiger partial charge < -0.3 is 30.3 Å². The van der Waals surface area contributed by atoms with E-state index in [1.807, 2.05) is 29.0 Å². The number of fused-ring (bicyclic) bond motifs is 1. The lowest BCUT2D eigenvalue weighted by Crippen LogP contribution is -2.44. The lowest BCUT2D eigenvalue weighted by molar-refractivity contribution is 0.0996. The molecule has 4 heterocycles. The SMILES string of the molecule is CN1CCN(c2ccc(Nc3nc(N4CCCC(n5ccc6cc(C7CC7)ccc6c5=O)C4)cnc3C(N)=O)cc2)CC1. The summed E-state index contributed by atoms with van der Waals surface area (Å²) in [6.07, 6.45) is 7.84. The number of benzene rings is 2. The molecule has 4 aromatic rings. The van der Waals surface area contributed by atoms with Crippen LogP contribution < -0.4 is 26.4 Å². The lowest BCUT2D eigenvalue weighted by Gasteiger charge is -2.34. The highest BCUT2D eigenvalue weighted by molar-refractivity contribution is 5.96. The van der Waals surface area contributed by atoms with Gasteiger partial charge in [-0.1, -0.05) is 12.1 Å². The van der Waals surface area contributed by atoms with Gasteiger partial charge in [0.15, 0.2) is 11.5 Å². The Bertz CT molecular complexity index is 1710. The third-order valence-electron chi connectivity index (χ3n) is 9.11. The van der Waals surface area contributed by atoms with Crippen LogP contribution in [0.4, 0.5) is 23.0 Å². The van der Waals surface area contributed by atoms with Gasteiger partial charge >= 0.3 is 0 Å². The van der Waals surface area contributed by atoms with Crippen molar-refractivity contribution in [2.75, 3.05) is 61.4 Å². The van der Waals surface area contributed by atoms with Crippen LogP contribution in [0.5, 0.6) is 0 Å². The summed E-state index contributed by atoms with van der Waals surface area (Å²) < 4.78 is 1.87. The van der Waals surface area contributed by atoms with Crippen molar-refractivity contribution in [2.45, 2.75) is 37.6 Å². The largest absolute Gasteiger partial charge is 0.369 e. The number of likely N-dealkylation sites (N-methyl/N-ethyl adjacent to an activating group) is 1. The molecule has 222 valence electrons. The number of nitrogens with one attached hydrogen (secondary N) is 1. The number of anilines is 4. The van der Waals surface area contributed by atoms with Gasteiger partial charge in [0.05, 0.1) is 12.2 Å². The van der Waals surface area contributed by atoms with E-state index < -0.39 is 5.91 Å². The Labute approximate surface area is 251 Å². The smallest absolute Gasteiger partial charge is 0.271 e. The fourth-order valence-corrected chi connectivity index (χ4v) is 6.39. The maximum absolute atomic E-state index is 13.5. The molecule has 1 unspecified atom stereocenters. The number of hydrogen-bond donors (Lipinski definition) is 2. The summed E-state index contributed by atoms with van der Waals surface area (Å²) in [6.45, 7) is 5.47. The van der Waals surface area contributed by atoms with Gasteiger partial charge in [-0.3, -0.25) is 9.59 Å². The average molecular weight is 579 g/mol. The number of nitrogens with two attached hydrogens (primary N) is 1. The van der Waals surface area contributed by atoms with Gasteiger partial charge in [-0.2, -0.15) is 0 Å². The van der Waals surface area contributed by atoms with Gasteiger partial charge in [-0.05, 0) is 86.0 Å². The first-order valence-electron chi connectivity index (χ1n) is 15.3. The maximum atomic E-state index is 13.5. The van der Waals surface area contributed by atoms with Crippen molar-refractivity contribution >= 4 is 39.7 Å². The second kappa shape index (κ2) is 11.3. The number of hydrogen-bond acceptors (Lipinski definition) is 8. The number of carbonyl (C=O) groups is 1. The first-order chi connectivity index (χ1) is 20.9. The van der Waals surface area contributed by atoms with Crippen molar-refractivity contribution in [3.05, 3.63) is 82.5 Å². The van der Waals surface area contributed by atoms with Crippen LogP contribution in [0.3, 0.4) is 0 Å². The third-order valence-corrected chi connectivity index (χ3v) is 9.11. The second-order valence-electron chi connectivity index (χ2n) is 12.1. The molecule has 3 aliphatic rings. The van der Waals surface area contributed by atoms with Crippen molar-refractivity contribution in [2.24, 2.45) is 5.73 Å². The molecule has 0 bridgehead atoms. The first-order valence-corrected chi connectivity index (χ1v) is 15.3. The number of piperidine rings is 1. The molecule has 10 heteroatoms. The van der Waals surface area contributed by atoms with Gasteiger partial charge in [0.2, 0.25) is 0 Å². The van der Waals surface area contributed by atoms with Crippen LogP contribution >= 0.6 is 0 Å². The van der Waals surface area contributed by atoms with Crippen LogP contribution in [0.25, 0.3) is 10.8 Å². The minimum atomic E-state index is -0.639. The van der Waals surface area contributed by atoms with Crippen LogP contribution in [0.15, 0.2) is 65.7 Å². The molecule has 2 aromatic carbocycles. The molecule has 43 heavy (non-hydrogen) atoms. The summed E-state index contributed by atoms with van der Waals surface area (Å²) in [6, 6.07) is 16.5. The minimum Gasteiger partial charge on any atom is -0.369 e. The molecule has 3 fully saturated rings. The molecular formula is C33H38N8O2. The molecule has 2 aromatic heterocycles. The predicted octanol–water partition coefficient (Wildman–Crippen LogP) is 4.10. The zero-order chi connectivity index (χ0) is 29.5.